The lowest BCUT2D eigenvalue weighted by Crippen LogP contribution is -2.17. The molecule has 0 radical (unpaired) electrons. The van der Waals surface area contributed by atoms with E-state index in [0.717, 1.165) is 34.4 Å². The number of aromatic nitrogens is 4. The third-order valence-corrected chi connectivity index (χ3v) is 5.54. The Morgan fingerprint density at radius 1 is 1.22 bits per heavy atom. The van der Waals surface area contributed by atoms with Gasteiger partial charge >= 0.3 is 0 Å². The number of benzene rings is 1. The first-order valence-corrected chi connectivity index (χ1v) is 9.98. The molecule has 2 aromatic heterocycles. The highest BCUT2D eigenvalue weighted by molar-refractivity contribution is 7.99. The van der Waals surface area contributed by atoms with Crippen molar-refractivity contribution in [2.24, 2.45) is 0 Å². The van der Waals surface area contributed by atoms with Crippen LogP contribution in [0.4, 0.5) is 5.69 Å². The largest absolute Gasteiger partial charge is 0.378 e. The molecular weight excluding hydrogens is 360 g/mol. The zero-order valence-corrected chi connectivity index (χ0v) is 16.8. The van der Waals surface area contributed by atoms with Crippen LogP contribution in [0.25, 0.3) is 5.78 Å². The molecule has 1 N–H and O–H groups in total. The topological polar surface area (TPSA) is 67.6 Å². The maximum atomic E-state index is 6.16. The second-order valence-corrected chi connectivity index (χ2v) is 7.98. The predicted molar refractivity (Wildman–Crippen MR) is 107 cm³/mol. The number of hydrogen-bond acceptors (Lipinski definition) is 7. The Kier molecular flexibility index (Phi) is 5.03. The molecule has 1 aliphatic heterocycles. The summed E-state index contributed by atoms with van der Waals surface area (Å²) in [7, 11) is 4.08. The van der Waals surface area contributed by atoms with E-state index in [2.05, 4.69) is 49.5 Å². The average molecular weight is 385 g/mol. The van der Waals surface area contributed by atoms with Crippen molar-refractivity contribution in [3.8, 4) is 0 Å². The minimum Gasteiger partial charge on any atom is -0.378 e. The summed E-state index contributed by atoms with van der Waals surface area (Å²) in [5.41, 5.74) is 4.32. The van der Waals surface area contributed by atoms with E-state index in [1.807, 2.05) is 34.0 Å². The lowest BCUT2D eigenvalue weighted by Gasteiger charge is -2.16. The van der Waals surface area contributed by atoms with Gasteiger partial charge in [-0.25, -0.2) is 9.50 Å². The molecule has 0 amide bonds. The third kappa shape index (κ3) is 3.92. The van der Waals surface area contributed by atoms with Crippen LogP contribution < -0.4 is 10.2 Å². The maximum Gasteiger partial charge on any atom is 0.253 e. The van der Waals surface area contributed by atoms with Gasteiger partial charge in [0.25, 0.3) is 5.78 Å². The SMILES string of the molecule is Cc1cc(C)n2nc(SC[C@H]3CN[C@H](c4ccc(N(C)C)cc4)O3)nc2n1. The molecule has 0 saturated carbocycles. The Bertz CT molecular complexity index is 939. The van der Waals surface area contributed by atoms with Gasteiger partial charge in [-0.3, -0.25) is 5.32 Å². The van der Waals surface area contributed by atoms with Gasteiger partial charge in [0, 0.05) is 43.5 Å². The summed E-state index contributed by atoms with van der Waals surface area (Å²) >= 11 is 1.61. The van der Waals surface area contributed by atoms with Crippen molar-refractivity contribution in [3.05, 3.63) is 47.3 Å². The first-order chi connectivity index (χ1) is 13.0. The molecule has 3 heterocycles. The fourth-order valence-corrected chi connectivity index (χ4v) is 3.96. The maximum absolute atomic E-state index is 6.16. The number of anilines is 1. The summed E-state index contributed by atoms with van der Waals surface area (Å²) in [6.45, 7) is 4.80. The van der Waals surface area contributed by atoms with Crippen molar-refractivity contribution < 1.29 is 4.74 Å². The van der Waals surface area contributed by atoms with Crippen LogP contribution in [-0.4, -0.2) is 52.1 Å². The molecule has 0 spiro atoms. The first-order valence-electron chi connectivity index (χ1n) is 8.99. The number of thioether (sulfide) groups is 1. The van der Waals surface area contributed by atoms with Crippen LogP contribution >= 0.6 is 11.8 Å². The van der Waals surface area contributed by atoms with E-state index >= 15 is 0 Å². The van der Waals surface area contributed by atoms with E-state index in [4.69, 9.17) is 4.74 Å². The molecule has 1 aromatic carbocycles. The van der Waals surface area contributed by atoms with Crippen LogP contribution in [-0.2, 0) is 4.74 Å². The van der Waals surface area contributed by atoms with Crippen molar-refractivity contribution in [2.45, 2.75) is 31.3 Å². The molecule has 3 aromatic rings. The molecule has 0 unspecified atom stereocenters. The van der Waals surface area contributed by atoms with Gasteiger partial charge in [0.15, 0.2) is 0 Å². The molecule has 0 aliphatic carbocycles. The molecule has 2 atom stereocenters. The lowest BCUT2D eigenvalue weighted by atomic mass is 10.2. The van der Waals surface area contributed by atoms with Crippen LogP contribution in [0.3, 0.4) is 0 Å². The number of aryl methyl sites for hydroxylation is 2. The Morgan fingerprint density at radius 3 is 2.74 bits per heavy atom. The molecule has 8 heteroatoms. The van der Waals surface area contributed by atoms with Gasteiger partial charge in [-0.05, 0) is 37.6 Å². The van der Waals surface area contributed by atoms with Gasteiger partial charge in [0.1, 0.15) is 6.23 Å². The summed E-state index contributed by atoms with van der Waals surface area (Å²) in [5.74, 6) is 1.45. The summed E-state index contributed by atoms with van der Waals surface area (Å²) < 4.78 is 7.95. The molecule has 1 aliphatic rings. The minimum atomic E-state index is -0.0626. The van der Waals surface area contributed by atoms with E-state index < -0.39 is 0 Å². The highest BCUT2D eigenvalue weighted by Gasteiger charge is 2.26. The lowest BCUT2D eigenvalue weighted by molar-refractivity contribution is 0.0534. The minimum absolute atomic E-state index is 0.0626. The average Bonchev–Trinajstić information content (AvgIpc) is 3.27. The predicted octanol–water partition coefficient (Wildman–Crippen LogP) is 2.59. The second-order valence-electron chi connectivity index (χ2n) is 6.99. The van der Waals surface area contributed by atoms with Gasteiger partial charge in [0.05, 0.1) is 6.10 Å². The van der Waals surface area contributed by atoms with Crippen LogP contribution in [0.5, 0.6) is 0 Å². The third-order valence-electron chi connectivity index (χ3n) is 4.57. The normalized spacial score (nSPS) is 19.7. The Hall–Kier alpha value is -2.16. The van der Waals surface area contributed by atoms with E-state index in [-0.39, 0.29) is 12.3 Å². The monoisotopic (exact) mass is 384 g/mol. The van der Waals surface area contributed by atoms with Crippen molar-refractivity contribution in [1.82, 2.24) is 24.9 Å². The smallest absolute Gasteiger partial charge is 0.253 e. The number of nitrogens with zero attached hydrogens (tertiary/aromatic N) is 5. The Balaban J connectivity index is 1.37. The quantitative estimate of drug-likeness (QED) is 0.678. The zero-order valence-electron chi connectivity index (χ0n) is 16.0. The Morgan fingerprint density at radius 2 is 2.00 bits per heavy atom. The molecule has 7 nitrogen and oxygen atoms in total. The van der Waals surface area contributed by atoms with Crippen molar-refractivity contribution in [3.63, 3.8) is 0 Å². The van der Waals surface area contributed by atoms with Gasteiger partial charge < -0.3 is 9.64 Å². The number of hydrogen-bond donors (Lipinski definition) is 1. The number of ether oxygens (including phenoxy) is 1. The highest BCUT2D eigenvalue weighted by atomic mass is 32.2. The first kappa shape index (κ1) is 18.2. The van der Waals surface area contributed by atoms with Crippen molar-refractivity contribution in [2.75, 3.05) is 31.3 Å². The van der Waals surface area contributed by atoms with Crippen LogP contribution in [0.2, 0.25) is 0 Å². The van der Waals surface area contributed by atoms with Crippen molar-refractivity contribution in [1.29, 1.82) is 0 Å². The van der Waals surface area contributed by atoms with Crippen molar-refractivity contribution >= 4 is 23.2 Å². The van der Waals surface area contributed by atoms with Crippen LogP contribution in [0.15, 0.2) is 35.5 Å². The molecule has 27 heavy (non-hydrogen) atoms. The van der Waals surface area contributed by atoms with Crippen LogP contribution in [0, 0.1) is 13.8 Å². The molecule has 1 saturated heterocycles. The molecule has 4 rings (SSSR count). The van der Waals surface area contributed by atoms with Gasteiger partial charge in [-0.2, -0.15) is 4.98 Å². The second kappa shape index (κ2) is 7.46. The highest BCUT2D eigenvalue weighted by Crippen LogP contribution is 2.26. The Labute approximate surface area is 163 Å². The van der Waals surface area contributed by atoms with E-state index in [1.165, 1.54) is 5.69 Å². The summed E-state index contributed by atoms with van der Waals surface area (Å²) in [6, 6.07) is 10.5. The van der Waals surface area contributed by atoms with Gasteiger partial charge in [-0.15, -0.1) is 5.10 Å². The molecule has 0 bridgehead atoms. The summed E-state index contributed by atoms with van der Waals surface area (Å²) in [4.78, 5) is 11.0. The van der Waals surface area contributed by atoms with Crippen LogP contribution in [0.1, 0.15) is 23.2 Å². The van der Waals surface area contributed by atoms with Gasteiger partial charge in [-0.1, -0.05) is 23.9 Å². The summed E-state index contributed by atoms with van der Waals surface area (Å²) in [6.07, 6.45) is 0.0586. The van der Waals surface area contributed by atoms with E-state index in [0.29, 0.717) is 5.78 Å². The van der Waals surface area contributed by atoms with E-state index in [1.54, 1.807) is 16.3 Å². The standard InChI is InChI=1S/C19H24N6OS/c1-12-9-13(2)25-18(21-12)22-19(23-25)27-11-16-10-20-17(26-16)14-5-7-15(8-6-14)24(3)4/h5-9,16-17,20H,10-11H2,1-4H3/t16-,17+/m1/s1. The number of fused-ring (bicyclic) bond motifs is 1. The molecular formula is C19H24N6OS. The summed E-state index contributed by atoms with van der Waals surface area (Å²) in [5, 5.41) is 8.72. The number of nitrogens with one attached hydrogen (secondary N) is 1. The molecule has 1 fully saturated rings. The molecule has 142 valence electrons. The number of rotatable bonds is 5. The zero-order chi connectivity index (χ0) is 19.0. The van der Waals surface area contributed by atoms with Gasteiger partial charge in [0.2, 0.25) is 5.16 Å². The fraction of sp³-hybridized carbons (Fsp3) is 0.421. The fourth-order valence-electron chi connectivity index (χ4n) is 3.15. The van der Waals surface area contributed by atoms with E-state index in [9.17, 15) is 0 Å².